The normalized spacial score (nSPS) is 19.2. The quantitative estimate of drug-likeness (QED) is 0.473. The molecule has 0 bridgehead atoms. The van der Waals surface area contributed by atoms with Gasteiger partial charge in [0.2, 0.25) is 0 Å². The maximum atomic E-state index is 12.2. The van der Waals surface area contributed by atoms with Gasteiger partial charge in [0.05, 0.1) is 17.5 Å². The molecular formula is C21H33N5O3. The van der Waals surface area contributed by atoms with Gasteiger partial charge in [-0.05, 0) is 70.4 Å². The van der Waals surface area contributed by atoms with Crippen molar-refractivity contribution in [3.8, 4) is 5.75 Å². The van der Waals surface area contributed by atoms with Crippen LogP contribution in [0.5, 0.6) is 5.75 Å². The first-order valence-electron chi connectivity index (χ1n) is 10.5. The van der Waals surface area contributed by atoms with Crippen LogP contribution in [0.3, 0.4) is 0 Å². The van der Waals surface area contributed by atoms with Gasteiger partial charge in [-0.3, -0.25) is 10.3 Å². The summed E-state index contributed by atoms with van der Waals surface area (Å²) in [5.74, 6) is 7.34. The van der Waals surface area contributed by atoms with E-state index in [1.165, 1.54) is 24.3 Å². The van der Waals surface area contributed by atoms with Gasteiger partial charge < -0.3 is 15.2 Å². The predicted octanol–water partition coefficient (Wildman–Crippen LogP) is 3.02. The smallest absolute Gasteiger partial charge is 0.413 e. The van der Waals surface area contributed by atoms with Crippen molar-refractivity contribution in [3.05, 3.63) is 29.3 Å². The number of rotatable bonds is 7. The second-order valence-corrected chi connectivity index (χ2v) is 8.10. The van der Waals surface area contributed by atoms with Gasteiger partial charge in [0.1, 0.15) is 17.6 Å². The summed E-state index contributed by atoms with van der Waals surface area (Å²) in [6.45, 7) is 3.78. The molecule has 1 atom stereocenters. The average Bonchev–Trinajstić information content (AvgIpc) is 3.53. The zero-order chi connectivity index (χ0) is 21.0. The van der Waals surface area contributed by atoms with E-state index < -0.39 is 6.09 Å². The number of hydrazine groups is 1. The number of ether oxygens (including phenoxy) is 2. The molecule has 3 rings (SSSR count). The molecule has 0 radical (unpaired) electrons. The van der Waals surface area contributed by atoms with Crippen LogP contribution in [0.2, 0.25) is 0 Å². The first-order chi connectivity index (χ1) is 13.8. The van der Waals surface area contributed by atoms with Crippen molar-refractivity contribution < 1.29 is 14.3 Å². The maximum Gasteiger partial charge on any atom is 0.413 e. The van der Waals surface area contributed by atoms with E-state index >= 15 is 0 Å². The van der Waals surface area contributed by atoms with Crippen LogP contribution in [-0.2, 0) is 4.74 Å². The van der Waals surface area contributed by atoms with Crippen molar-refractivity contribution in [1.29, 1.82) is 0 Å². The van der Waals surface area contributed by atoms with E-state index in [9.17, 15) is 4.79 Å². The number of carbonyl (C=O) groups excluding carboxylic acids is 1. The van der Waals surface area contributed by atoms with Crippen molar-refractivity contribution in [2.75, 3.05) is 7.05 Å². The van der Waals surface area contributed by atoms with Gasteiger partial charge in [-0.2, -0.15) is 0 Å². The van der Waals surface area contributed by atoms with Crippen molar-refractivity contribution in [2.24, 2.45) is 17.5 Å². The van der Waals surface area contributed by atoms with Crippen LogP contribution in [0.15, 0.2) is 18.0 Å². The van der Waals surface area contributed by atoms with Gasteiger partial charge in [0.25, 0.3) is 0 Å². The highest BCUT2D eigenvalue weighted by molar-refractivity contribution is 5.74. The van der Waals surface area contributed by atoms with E-state index in [1.54, 1.807) is 13.1 Å². The van der Waals surface area contributed by atoms with Crippen LogP contribution in [0.25, 0.3) is 5.70 Å². The number of nitrogens with zero attached hydrogens (tertiary/aromatic N) is 2. The number of hydrogen-bond acceptors (Lipinski definition) is 7. The molecule has 1 amide bonds. The van der Waals surface area contributed by atoms with Gasteiger partial charge in [-0.25, -0.2) is 15.6 Å². The second kappa shape index (κ2) is 9.35. The number of nitrogens with two attached hydrogens (primary N) is 2. The molecule has 1 aromatic rings. The lowest BCUT2D eigenvalue weighted by Crippen LogP contribution is -2.40. The fraction of sp³-hybridized carbons (Fsp3) is 0.619. The van der Waals surface area contributed by atoms with E-state index in [0.29, 0.717) is 11.6 Å². The van der Waals surface area contributed by atoms with Crippen LogP contribution in [0.4, 0.5) is 4.79 Å². The molecule has 8 nitrogen and oxygen atoms in total. The molecule has 29 heavy (non-hydrogen) atoms. The number of carbonyl (C=O) groups is 1. The molecule has 5 N–H and O–H groups in total. The number of pyridine rings is 1. The minimum absolute atomic E-state index is 0.128. The molecule has 2 aliphatic rings. The minimum Gasteiger partial charge on any atom is -0.489 e. The number of nitrogens with one attached hydrogen (secondary N) is 1. The molecule has 0 saturated heterocycles. The summed E-state index contributed by atoms with van der Waals surface area (Å²) in [6, 6.07) is 3.66. The van der Waals surface area contributed by atoms with Crippen molar-refractivity contribution in [2.45, 2.75) is 71.0 Å². The van der Waals surface area contributed by atoms with Crippen molar-refractivity contribution >= 4 is 11.8 Å². The van der Waals surface area contributed by atoms with Gasteiger partial charge in [0, 0.05) is 7.05 Å². The lowest BCUT2D eigenvalue weighted by molar-refractivity contribution is 0.0956. The van der Waals surface area contributed by atoms with Crippen LogP contribution in [-0.4, -0.2) is 35.3 Å². The Morgan fingerprint density at radius 3 is 2.52 bits per heavy atom. The summed E-state index contributed by atoms with van der Waals surface area (Å²) in [6.07, 6.45) is 7.58. The van der Waals surface area contributed by atoms with Gasteiger partial charge in [0.15, 0.2) is 5.82 Å². The summed E-state index contributed by atoms with van der Waals surface area (Å²) < 4.78 is 11.5. The second-order valence-electron chi connectivity index (χ2n) is 8.10. The molecule has 0 spiro atoms. The van der Waals surface area contributed by atoms with E-state index in [-0.39, 0.29) is 23.7 Å². The number of alkyl carbamates (subject to hydrolysis) is 1. The molecule has 2 aliphatic carbocycles. The Labute approximate surface area is 172 Å². The average molecular weight is 404 g/mol. The molecule has 160 valence electrons. The molecule has 1 heterocycles. The molecule has 0 aliphatic heterocycles. The van der Waals surface area contributed by atoms with Crippen LogP contribution >= 0.6 is 0 Å². The van der Waals surface area contributed by atoms with Gasteiger partial charge in [-0.15, -0.1) is 0 Å². The van der Waals surface area contributed by atoms with E-state index in [0.717, 1.165) is 37.1 Å². The fourth-order valence-electron chi connectivity index (χ4n) is 3.61. The Balaban J connectivity index is 1.71. The highest BCUT2D eigenvalue weighted by atomic mass is 16.6. The fourth-order valence-corrected chi connectivity index (χ4v) is 3.61. The third-order valence-corrected chi connectivity index (χ3v) is 5.57. The SMILES string of the molecule is Cc1nc(/C(N)=C(\NC(=O)OC(C)C2CC2)N(C)N)ccc1OC1CCCCC1. The van der Waals surface area contributed by atoms with E-state index in [4.69, 9.17) is 21.1 Å². The molecule has 1 aromatic heterocycles. The predicted molar refractivity (Wildman–Crippen MR) is 111 cm³/mol. The third kappa shape index (κ3) is 5.76. The summed E-state index contributed by atoms with van der Waals surface area (Å²) in [4.78, 5) is 16.8. The molecule has 2 saturated carbocycles. The Hall–Kier alpha value is -2.48. The van der Waals surface area contributed by atoms with Crippen molar-refractivity contribution in [1.82, 2.24) is 15.3 Å². The largest absolute Gasteiger partial charge is 0.489 e. The Bertz CT molecular complexity index is 755. The molecule has 1 unspecified atom stereocenters. The number of aryl methyl sites for hydroxylation is 1. The summed E-state index contributed by atoms with van der Waals surface area (Å²) in [5.41, 5.74) is 7.81. The number of aromatic nitrogens is 1. The molecular weight excluding hydrogens is 370 g/mol. The molecule has 0 aromatic carbocycles. The van der Waals surface area contributed by atoms with E-state index in [1.807, 2.05) is 19.9 Å². The standard InChI is InChI=1S/C21H33N5O3/c1-13-18(29-16-7-5-4-6-8-16)12-11-17(24-13)19(22)20(26(3)23)25-21(27)28-14(2)15-9-10-15/h11-12,14-16H,4-10,22-23H2,1-3H3,(H,25,27)/b20-19-. The topological polar surface area (TPSA) is 116 Å². The Kier molecular flexibility index (Phi) is 6.84. The Morgan fingerprint density at radius 2 is 1.93 bits per heavy atom. The summed E-state index contributed by atoms with van der Waals surface area (Å²) >= 11 is 0. The third-order valence-electron chi connectivity index (χ3n) is 5.57. The summed E-state index contributed by atoms with van der Waals surface area (Å²) in [5, 5.41) is 3.90. The highest BCUT2D eigenvalue weighted by Gasteiger charge is 2.31. The van der Waals surface area contributed by atoms with Crippen LogP contribution < -0.4 is 21.6 Å². The minimum atomic E-state index is -0.575. The zero-order valence-electron chi connectivity index (χ0n) is 17.6. The van der Waals surface area contributed by atoms with Crippen LogP contribution in [0, 0.1) is 12.8 Å². The van der Waals surface area contributed by atoms with E-state index in [2.05, 4.69) is 10.3 Å². The van der Waals surface area contributed by atoms with Gasteiger partial charge in [-0.1, -0.05) is 6.42 Å². The van der Waals surface area contributed by atoms with Crippen LogP contribution in [0.1, 0.15) is 63.3 Å². The number of amides is 1. The maximum absolute atomic E-state index is 12.2. The first-order valence-corrected chi connectivity index (χ1v) is 10.5. The lowest BCUT2D eigenvalue weighted by Gasteiger charge is -2.24. The monoisotopic (exact) mass is 403 g/mol. The lowest BCUT2D eigenvalue weighted by atomic mass is 9.98. The first kappa shape index (κ1) is 21.2. The highest BCUT2D eigenvalue weighted by Crippen LogP contribution is 2.34. The van der Waals surface area contributed by atoms with Gasteiger partial charge >= 0.3 is 6.09 Å². The molecule has 2 fully saturated rings. The Morgan fingerprint density at radius 1 is 1.24 bits per heavy atom. The molecule has 8 heteroatoms. The van der Waals surface area contributed by atoms with Crippen molar-refractivity contribution in [3.63, 3.8) is 0 Å². The number of hydrogen-bond donors (Lipinski definition) is 3. The summed E-state index contributed by atoms with van der Waals surface area (Å²) in [7, 11) is 1.60. The zero-order valence-corrected chi connectivity index (χ0v) is 17.6.